The van der Waals surface area contributed by atoms with Gasteiger partial charge >= 0.3 is 11.8 Å². The first kappa shape index (κ1) is 25.6. The number of halogens is 3. The number of benzene rings is 3. The van der Waals surface area contributed by atoms with Crippen molar-refractivity contribution in [1.82, 2.24) is 5.32 Å². The Labute approximate surface area is 211 Å². The van der Waals surface area contributed by atoms with Gasteiger partial charge in [0.05, 0.1) is 22.4 Å². The molecule has 1 aliphatic heterocycles. The van der Waals surface area contributed by atoms with Crippen LogP contribution in [0.5, 0.6) is 5.75 Å². The Bertz CT molecular complexity index is 1580. The molecule has 3 aromatic carbocycles. The number of nitrogens with zero attached hydrogens (tertiary/aromatic N) is 1. The largest absolute Gasteiger partial charge is 0.439 e. The lowest BCUT2D eigenvalue weighted by atomic mass is 9.83. The predicted molar refractivity (Wildman–Crippen MR) is 135 cm³/mol. The van der Waals surface area contributed by atoms with Gasteiger partial charge in [0.2, 0.25) is 5.88 Å². The van der Waals surface area contributed by atoms with Crippen LogP contribution in [0.25, 0.3) is 22.1 Å². The van der Waals surface area contributed by atoms with Crippen LogP contribution in [0.2, 0.25) is 0 Å². The molecule has 5 rings (SSSR count). The number of alkyl halides is 3. The monoisotopic (exact) mass is 504 g/mol. The molecule has 0 saturated carbocycles. The average Bonchev–Trinajstić information content (AvgIpc) is 2.92. The highest BCUT2D eigenvalue weighted by molar-refractivity contribution is 5.86. The first-order valence-electron chi connectivity index (χ1n) is 11.7. The second kappa shape index (κ2) is 10.2. The molecule has 0 radical (unpaired) electrons. The van der Waals surface area contributed by atoms with Gasteiger partial charge < -0.3 is 14.5 Å². The normalized spacial score (nSPS) is 14.7. The van der Waals surface area contributed by atoms with Gasteiger partial charge in [0.1, 0.15) is 17.2 Å². The van der Waals surface area contributed by atoms with Crippen molar-refractivity contribution >= 4 is 11.0 Å². The van der Waals surface area contributed by atoms with E-state index < -0.39 is 23.3 Å². The van der Waals surface area contributed by atoms with E-state index >= 15 is 0 Å². The van der Waals surface area contributed by atoms with Crippen LogP contribution in [-0.2, 0) is 6.18 Å². The lowest BCUT2D eigenvalue weighted by Gasteiger charge is -2.27. The minimum absolute atomic E-state index is 0.0383. The summed E-state index contributed by atoms with van der Waals surface area (Å²) in [6.45, 7) is 4.00. The van der Waals surface area contributed by atoms with Crippen LogP contribution in [0.1, 0.15) is 36.5 Å². The van der Waals surface area contributed by atoms with Crippen molar-refractivity contribution in [2.75, 3.05) is 7.05 Å². The van der Waals surface area contributed by atoms with Crippen LogP contribution in [0.4, 0.5) is 13.2 Å². The third-order valence-corrected chi connectivity index (χ3v) is 5.96. The van der Waals surface area contributed by atoms with Crippen LogP contribution >= 0.6 is 0 Å². The molecule has 37 heavy (non-hydrogen) atoms. The number of nitrogens with one attached hydrogen (secondary N) is 1. The van der Waals surface area contributed by atoms with Crippen LogP contribution in [-0.4, -0.2) is 7.05 Å². The Morgan fingerprint density at radius 1 is 0.946 bits per heavy atom. The van der Waals surface area contributed by atoms with E-state index in [0.29, 0.717) is 22.1 Å². The number of allylic oxidation sites excluding steroid dienone is 1. The van der Waals surface area contributed by atoms with Crippen molar-refractivity contribution in [2.45, 2.75) is 25.9 Å². The molecule has 0 spiro atoms. The van der Waals surface area contributed by atoms with Gasteiger partial charge in [0.15, 0.2) is 5.75 Å². The van der Waals surface area contributed by atoms with Crippen molar-refractivity contribution in [3.05, 3.63) is 111 Å². The van der Waals surface area contributed by atoms with E-state index in [4.69, 9.17) is 9.15 Å². The van der Waals surface area contributed by atoms with Gasteiger partial charge in [-0.2, -0.15) is 18.4 Å². The summed E-state index contributed by atoms with van der Waals surface area (Å²) in [5.74, 6) is -0.372. The molecule has 0 fully saturated rings. The quantitative estimate of drug-likeness (QED) is 0.305. The van der Waals surface area contributed by atoms with E-state index in [0.717, 1.165) is 6.07 Å². The van der Waals surface area contributed by atoms with E-state index in [1.165, 1.54) is 12.1 Å². The first-order chi connectivity index (χ1) is 17.8. The fraction of sp³-hybridized carbons (Fsp3) is 0.172. The Hall–Kier alpha value is -4.51. The maximum Gasteiger partial charge on any atom is 0.417 e. The zero-order valence-corrected chi connectivity index (χ0v) is 20.3. The Morgan fingerprint density at radius 2 is 1.59 bits per heavy atom. The lowest BCUT2D eigenvalue weighted by Crippen LogP contribution is -2.28. The van der Waals surface area contributed by atoms with Crippen LogP contribution in [0.3, 0.4) is 0 Å². The van der Waals surface area contributed by atoms with Gasteiger partial charge in [-0.1, -0.05) is 68.4 Å². The van der Waals surface area contributed by atoms with Crippen LogP contribution < -0.4 is 15.7 Å². The minimum Gasteiger partial charge on any atom is -0.439 e. The van der Waals surface area contributed by atoms with Crippen LogP contribution in [0.15, 0.2) is 93.5 Å². The molecular weight excluding hydrogens is 481 g/mol. The maximum absolute atomic E-state index is 13.5. The molecular formula is C29H23F3N2O3. The SMILES string of the molecule is CC.CNC1=C(C#N)C(c2ccc(-c3ccccc3C(F)(F)F)cc2)c2c(c3ccccc3oc2=O)O1. The predicted octanol–water partition coefficient (Wildman–Crippen LogP) is 6.98. The van der Waals surface area contributed by atoms with Gasteiger partial charge in [-0.25, -0.2) is 4.79 Å². The van der Waals surface area contributed by atoms with Crippen molar-refractivity contribution in [3.63, 3.8) is 0 Å². The molecule has 2 heterocycles. The summed E-state index contributed by atoms with van der Waals surface area (Å²) in [5, 5.41) is 13.4. The molecule has 0 aliphatic carbocycles. The summed E-state index contributed by atoms with van der Waals surface area (Å²) in [6, 6.07) is 20.6. The lowest BCUT2D eigenvalue weighted by molar-refractivity contribution is -0.137. The highest BCUT2D eigenvalue weighted by Gasteiger charge is 2.36. The van der Waals surface area contributed by atoms with Crippen molar-refractivity contribution < 1.29 is 22.3 Å². The summed E-state index contributed by atoms with van der Waals surface area (Å²) in [6.07, 6.45) is -4.51. The number of fused-ring (bicyclic) bond motifs is 3. The average molecular weight is 505 g/mol. The Balaban J connectivity index is 0.00000156. The van der Waals surface area contributed by atoms with Gasteiger partial charge in [0.25, 0.3) is 0 Å². The second-order valence-corrected chi connectivity index (χ2v) is 7.93. The molecule has 1 aromatic heterocycles. The van der Waals surface area contributed by atoms with Crippen molar-refractivity contribution in [2.24, 2.45) is 0 Å². The number of rotatable bonds is 3. The topological polar surface area (TPSA) is 75.3 Å². The number of hydrogen-bond acceptors (Lipinski definition) is 5. The molecule has 188 valence electrons. The van der Waals surface area contributed by atoms with Gasteiger partial charge in [-0.15, -0.1) is 0 Å². The molecule has 0 bridgehead atoms. The highest BCUT2D eigenvalue weighted by atomic mass is 19.4. The summed E-state index contributed by atoms with van der Waals surface area (Å²) < 4.78 is 52.0. The van der Waals surface area contributed by atoms with E-state index in [9.17, 15) is 23.2 Å². The van der Waals surface area contributed by atoms with E-state index in [1.807, 2.05) is 13.8 Å². The number of ether oxygens (including phenoxy) is 1. The molecule has 1 atom stereocenters. The molecule has 0 amide bonds. The summed E-state index contributed by atoms with van der Waals surface area (Å²) in [7, 11) is 1.60. The molecule has 4 aromatic rings. The smallest absolute Gasteiger partial charge is 0.417 e. The summed E-state index contributed by atoms with van der Waals surface area (Å²) in [5.41, 5.74) is 0.185. The second-order valence-electron chi connectivity index (χ2n) is 7.93. The molecule has 0 saturated heterocycles. The first-order valence-corrected chi connectivity index (χ1v) is 11.7. The summed E-state index contributed by atoms with van der Waals surface area (Å²) >= 11 is 0. The molecule has 1 N–H and O–H groups in total. The third kappa shape index (κ3) is 4.56. The Kier molecular flexibility index (Phi) is 7.07. The molecule has 1 aliphatic rings. The van der Waals surface area contributed by atoms with Gasteiger partial charge in [-0.05, 0) is 34.9 Å². The van der Waals surface area contributed by atoms with E-state index in [-0.39, 0.29) is 28.3 Å². The molecule has 8 heteroatoms. The number of hydrogen-bond donors (Lipinski definition) is 1. The van der Waals surface area contributed by atoms with Gasteiger partial charge in [0, 0.05) is 7.05 Å². The van der Waals surface area contributed by atoms with E-state index in [2.05, 4.69) is 11.4 Å². The summed E-state index contributed by atoms with van der Waals surface area (Å²) in [4.78, 5) is 13.0. The number of nitriles is 1. The standard InChI is InChI=1S/C27H17F3N2O3.C2H6/c1-32-25-19(14-31)22(23-24(35-25)18-7-3-5-9-21(18)34-26(23)33)16-12-10-15(11-13-16)17-6-2-4-8-20(17)27(28,29)30;1-2/h2-13,22,32H,1H3;1-2H3. The molecule has 5 nitrogen and oxygen atoms in total. The zero-order chi connectivity index (χ0) is 26.7. The van der Waals surface area contributed by atoms with Crippen molar-refractivity contribution in [3.8, 4) is 22.9 Å². The minimum atomic E-state index is -4.51. The van der Waals surface area contributed by atoms with Gasteiger partial charge in [-0.3, -0.25) is 0 Å². The fourth-order valence-corrected chi connectivity index (χ4v) is 4.40. The van der Waals surface area contributed by atoms with E-state index in [1.54, 1.807) is 61.6 Å². The molecule has 1 unspecified atom stereocenters. The third-order valence-electron chi connectivity index (χ3n) is 5.96. The Morgan fingerprint density at radius 3 is 2.24 bits per heavy atom. The number of para-hydroxylation sites is 1. The highest BCUT2D eigenvalue weighted by Crippen LogP contribution is 2.44. The van der Waals surface area contributed by atoms with Crippen LogP contribution in [0, 0.1) is 11.3 Å². The maximum atomic E-state index is 13.5. The zero-order valence-electron chi connectivity index (χ0n) is 20.3. The van der Waals surface area contributed by atoms with Crippen molar-refractivity contribution in [1.29, 1.82) is 5.26 Å². The fourth-order valence-electron chi connectivity index (χ4n) is 4.40.